The van der Waals surface area contributed by atoms with Crippen molar-refractivity contribution in [3.05, 3.63) is 102 Å². The molecule has 2 aliphatic heterocycles. The first-order valence-electron chi connectivity index (χ1n) is 35.5. The summed E-state index contributed by atoms with van der Waals surface area (Å²) < 4.78 is -1.20. The summed E-state index contributed by atoms with van der Waals surface area (Å²) in [5.74, 6) is -13.6. The summed E-state index contributed by atoms with van der Waals surface area (Å²) in [5, 5.41) is 45.0. The number of guanidine groups is 1. The van der Waals surface area contributed by atoms with Crippen LogP contribution in [0, 0.1) is 0 Å². The summed E-state index contributed by atoms with van der Waals surface area (Å²) in [6, 6.07) is 4.03. The molecule has 11 atom stereocenters. The number of carbonyl (C=O) groups is 14. The van der Waals surface area contributed by atoms with Gasteiger partial charge >= 0.3 is 11.9 Å². The Morgan fingerprint density at radius 2 is 1.17 bits per heavy atom. The number of carbonyl (C=O) groups excluding carboxylic acids is 12. The first-order chi connectivity index (χ1) is 51.3. The van der Waals surface area contributed by atoms with E-state index in [0.29, 0.717) is 53.4 Å². The third kappa shape index (κ3) is 24.6. The Kier molecular flexibility index (Phi) is 31.4. The maximum absolute atomic E-state index is 15.3. The molecule has 2 fully saturated rings. The fraction of sp³-hybridized carbons (Fsp3) is 0.493. The van der Waals surface area contributed by atoms with Gasteiger partial charge in [0.05, 0.1) is 12.7 Å². The number of aliphatic carboxylic acids is 2. The number of primary amides is 1. The second-order valence-electron chi connectivity index (χ2n) is 27.2. The Hall–Kier alpha value is -10.8. The molecule has 0 bridgehead atoms. The molecule has 21 N–H and O–H groups in total. The minimum Gasteiger partial charge on any atom is -0.481 e. The Bertz CT molecular complexity index is 4090. The van der Waals surface area contributed by atoms with Crippen LogP contribution in [0.2, 0.25) is 0 Å². The SMILES string of the molecule is CC(=O)N[C@H](C(=O)N[C@@H](CCC(=O)O)C(=O)N[C@@H](Cc1cnc[nH]1)C(=O)N[C@H](Cc1ccc2ccccc2c1)C(=O)N[C@@H](CCCN=C(N)N)C(=O)N[C@@H](Cc1c[nH]c2ccccc12)C(=O)N[C@@H](CS)C(=O)N1CCC[C@H]1C(=O)N1CCC[C@H]1C(=O)N[C@@H](CCCCN)C(=O)N[C@@H](CC(=O)O)C(N)=O)C(C)(C)S. The first-order valence-corrected chi connectivity index (χ1v) is 36.6. The quantitative estimate of drug-likeness (QED) is 0.00878. The number of aliphatic imine (C=N–C) groups is 1. The predicted molar refractivity (Wildman–Crippen MR) is 403 cm³/mol. The van der Waals surface area contributed by atoms with E-state index in [1.165, 1.54) is 43.1 Å². The number of nitrogens with zero attached hydrogens (tertiary/aromatic N) is 4. The number of unbranched alkanes of at least 4 members (excludes halogenated alkanes) is 1. The van der Waals surface area contributed by atoms with Crippen molar-refractivity contribution in [1.82, 2.24) is 72.6 Å². The highest BCUT2D eigenvalue weighted by Gasteiger charge is 2.45. The summed E-state index contributed by atoms with van der Waals surface area (Å²) in [5.41, 5.74) is 24.5. The zero-order valence-corrected chi connectivity index (χ0v) is 62.0. The van der Waals surface area contributed by atoms with E-state index < -0.39 is 173 Å². The predicted octanol–water partition coefficient (Wildman–Crippen LogP) is -1.92. The monoisotopic (exact) mass is 1540 g/mol. The molecule has 0 aliphatic carbocycles. The van der Waals surface area contributed by atoms with E-state index in [2.05, 4.69) is 93.1 Å². The lowest BCUT2D eigenvalue weighted by Crippen LogP contribution is -2.62. The highest BCUT2D eigenvalue weighted by Crippen LogP contribution is 2.28. The number of imidazole rings is 1. The average Bonchev–Trinajstić information content (AvgIpc) is 1.58. The molecule has 2 aliphatic rings. The van der Waals surface area contributed by atoms with E-state index in [4.69, 9.17) is 22.9 Å². The van der Waals surface area contributed by atoms with Gasteiger partial charge in [-0.1, -0.05) is 60.7 Å². The highest BCUT2D eigenvalue weighted by atomic mass is 32.1. The second kappa shape index (κ2) is 40.2. The van der Waals surface area contributed by atoms with Crippen LogP contribution < -0.4 is 70.8 Å². The minimum absolute atomic E-state index is 0.0342. The summed E-state index contributed by atoms with van der Waals surface area (Å²) in [7, 11) is 0. The molecule has 35 nitrogen and oxygen atoms in total. The van der Waals surface area contributed by atoms with Gasteiger partial charge in [-0.2, -0.15) is 25.3 Å². The Labute approximate surface area is 633 Å². The number of thiol groups is 2. The van der Waals surface area contributed by atoms with Gasteiger partial charge in [0.2, 0.25) is 70.9 Å². The number of nitrogens with two attached hydrogens (primary N) is 4. The number of hydrogen-bond donors (Lipinski definition) is 19. The number of nitrogens with one attached hydrogen (secondary N) is 11. The Morgan fingerprint density at radius 1 is 0.611 bits per heavy atom. The van der Waals surface area contributed by atoms with Crippen molar-refractivity contribution in [2.45, 2.75) is 188 Å². The van der Waals surface area contributed by atoms with Gasteiger partial charge in [-0.25, -0.2) is 4.98 Å². The maximum atomic E-state index is 15.3. The number of aromatic nitrogens is 3. The van der Waals surface area contributed by atoms with Crippen molar-refractivity contribution in [1.29, 1.82) is 0 Å². The van der Waals surface area contributed by atoms with Crippen LogP contribution in [0.1, 0.15) is 115 Å². The van der Waals surface area contributed by atoms with E-state index in [1.54, 1.807) is 54.7 Å². The van der Waals surface area contributed by atoms with Crippen molar-refractivity contribution in [3.8, 4) is 0 Å². The molecule has 0 unspecified atom stereocenters. The Morgan fingerprint density at radius 3 is 1.77 bits per heavy atom. The number of rotatable bonds is 41. The minimum atomic E-state index is -1.61. The summed E-state index contributed by atoms with van der Waals surface area (Å²) in [6.07, 6.45) is 3.33. The number of H-pyrrole nitrogens is 2. The van der Waals surface area contributed by atoms with Gasteiger partial charge in [0.25, 0.3) is 0 Å². The number of benzene rings is 3. The third-order valence-electron chi connectivity index (χ3n) is 18.5. The van der Waals surface area contributed by atoms with Crippen LogP contribution in [0.25, 0.3) is 21.7 Å². The lowest BCUT2D eigenvalue weighted by molar-refractivity contribution is -0.148. The molecule has 37 heteroatoms. The van der Waals surface area contributed by atoms with Crippen LogP contribution >= 0.6 is 25.3 Å². The fourth-order valence-corrected chi connectivity index (χ4v) is 13.4. The maximum Gasteiger partial charge on any atom is 0.305 e. The van der Waals surface area contributed by atoms with Crippen LogP contribution in [0.4, 0.5) is 0 Å². The van der Waals surface area contributed by atoms with Crippen molar-refractivity contribution in [2.24, 2.45) is 27.9 Å². The van der Waals surface area contributed by atoms with Crippen LogP contribution in [0.5, 0.6) is 0 Å². The van der Waals surface area contributed by atoms with Crippen molar-refractivity contribution in [3.63, 3.8) is 0 Å². The van der Waals surface area contributed by atoms with Gasteiger partial charge in [0.1, 0.15) is 66.5 Å². The molecule has 584 valence electrons. The number of likely N-dealkylation sites (tertiary alicyclic amines) is 2. The van der Waals surface area contributed by atoms with Gasteiger partial charge in [-0.15, -0.1) is 0 Å². The average molecular weight is 1540 g/mol. The van der Waals surface area contributed by atoms with Crippen LogP contribution in [0.15, 0.2) is 90.4 Å². The highest BCUT2D eigenvalue weighted by molar-refractivity contribution is 7.81. The molecule has 3 aromatic carbocycles. The second-order valence-corrected chi connectivity index (χ2v) is 28.8. The summed E-state index contributed by atoms with van der Waals surface area (Å²) in [4.78, 5) is 211. The number of aromatic amines is 2. The smallest absolute Gasteiger partial charge is 0.305 e. The number of para-hydroxylation sites is 1. The van der Waals surface area contributed by atoms with Gasteiger partial charge < -0.3 is 101 Å². The topological polar surface area (TPSA) is 555 Å². The first kappa shape index (κ1) is 84.4. The molecule has 0 spiro atoms. The number of fused-ring (bicyclic) bond motifs is 2. The molecule has 12 amide bonds. The number of amides is 12. The summed E-state index contributed by atoms with van der Waals surface area (Å²) in [6.45, 7) is 4.58. The molecule has 4 heterocycles. The third-order valence-corrected chi connectivity index (χ3v) is 19.1. The molecule has 7 rings (SSSR count). The molecule has 0 saturated carbocycles. The van der Waals surface area contributed by atoms with E-state index in [9.17, 15) is 58.2 Å². The van der Waals surface area contributed by atoms with Gasteiger partial charge in [-0.05, 0) is 113 Å². The molecule has 5 aromatic rings. The van der Waals surface area contributed by atoms with Crippen molar-refractivity contribution in [2.75, 3.05) is 31.9 Å². The van der Waals surface area contributed by atoms with Crippen LogP contribution in [-0.2, 0) is 86.4 Å². The van der Waals surface area contributed by atoms with Crippen LogP contribution in [-0.4, -0.2) is 227 Å². The molecule has 2 aromatic heterocycles. The van der Waals surface area contributed by atoms with Gasteiger partial charge in [0, 0.05) is 91.7 Å². The number of carboxylic acid groups (broad SMARTS) is 2. The van der Waals surface area contributed by atoms with E-state index in [1.807, 2.05) is 18.2 Å². The van der Waals surface area contributed by atoms with E-state index >= 15 is 19.2 Å². The Balaban J connectivity index is 1.16. The van der Waals surface area contributed by atoms with Gasteiger partial charge in [-0.3, -0.25) is 72.1 Å². The number of hydrogen-bond acceptors (Lipinski definition) is 19. The van der Waals surface area contributed by atoms with E-state index in [-0.39, 0.29) is 89.3 Å². The van der Waals surface area contributed by atoms with Crippen LogP contribution in [0.3, 0.4) is 0 Å². The molecule has 108 heavy (non-hydrogen) atoms. The lowest BCUT2D eigenvalue weighted by Gasteiger charge is -2.33. The van der Waals surface area contributed by atoms with Gasteiger partial charge in [0.15, 0.2) is 5.96 Å². The molecule has 2 saturated heterocycles. The molecular formula is C71H97N19O16S2. The zero-order valence-electron chi connectivity index (χ0n) is 60.2. The molecular weight excluding hydrogens is 1440 g/mol. The largest absolute Gasteiger partial charge is 0.481 e. The van der Waals surface area contributed by atoms with Crippen molar-refractivity contribution >= 4 is 136 Å². The molecule has 0 radical (unpaired) electrons. The standard InChI is InChI=1S/C71H97N19O16S2/c1-38(91)80-58(71(2,3)108)67(104)83-48(23-24-56(92)93)62(99)87-52(32-43-35-76-37-79-43)65(102)85-50(30-39-21-22-40-13-4-5-14-41(40)29-39)63(100)81-47(18-10-26-77-70(74)75)61(98)86-51(31-42-34-78-45-16-7-6-15-44(42)45)64(101)88-53(36-107)68(105)90-28-12-20-55(90)69(106)89-27-11-19-54(89)66(103)82-46(17-8-9-25-72)60(97)84-49(59(73)96)33-57(94)95/h4-7,13-16,21-22,29,34-35,37,46-55,58,78,107-108H,8-12,17-20,23-28,30-33,36,72H2,1-3H3,(H2,73,96)(H,76,79)(H,80,91)(H,81,100)(H,82,103)(H,83,104)(H,84,97)(H,85,102)(H,86,98)(H,87,99)(H,88,101)(H,92,93)(H,94,95)(H4,74,75,77)/t46-,47-,48-,49-,50+,51-,52-,53-,54-,55-,58+/m0/s1. The van der Waals surface area contributed by atoms with E-state index in [0.717, 1.165) is 10.8 Å². The lowest BCUT2D eigenvalue weighted by atomic mass is 9.99. The summed E-state index contributed by atoms with van der Waals surface area (Å²) >= 11 is 8.97. The normalized spacial score (nSPS) is 16.7. The van der Waals surface area contributed by atoms with Crippen molar-refractivity contribution < 1.29 is 77.3 Å². The zero-order chi connectivity index (χ0) is 78.9. The number of carboxylic acids is 2. The fourth-order valence-electron chi connectivity index (χ4n) is 12.9.